The summed E-state index contributed by atoms with van der Waals surface area (Å²) >= 11 is 0. The Morgan fingerprint density at radius 1 is 1.42 bits per heavy atom. The van der Waals surface area contributed by atoms with E-state index in [1.165, 1.54) is 0 Å². The number of aliphatic hydroxyl groups excluding tert-OH is 1. The maximum absolute atomic E-state index is 9.62. The molecule has 0 spiro atoms. The summed E-state index contributed by atoms with van der Waals surface area (Å²) in [6.45, 7) is 3.89. The number of aryl methyl sites for hydroxylation is 1. The van der Waals surface area contributed by atoms with Gasteiger partial charge in [-0.2, -0.15) is 0 Å². The van der Waals surface area contributed by atoms with Crippen LogP contribution in [0.2, 0.25) is 0 Å². The number of rotatable bonds is 0. The molecule has 64 valence electrons. The minimum Gasteiger partial charge on any atom is -0.487 e. The number of ether oxygens (including phenoxy) is 1. The van der Waals surface area contributed by atoms with E-state index in [-0.39, 0.29) is 6.10 Å². The van der Waals surface area contributed by atoms with Gasteiger partial charge in [-0.1, -0.05) is 12.1 Å². The molecule has 0 saturated heterocycles. The van der Waals surface area contributed by atoms with Gasteiger partial charge in [0.2, 0.25) is 0 Å². The van der Waals surface area contributed by atoms with E-state index in [4.69, 9.17) is 4.74 Å². The Bertz CT molecular complexity index is 307. The smallest absolute Gasteiger partial charge is 0.126 e. The summed E-state index contributed by atoms with van der Waals surface area (Å²) in [5, 5.41) is 9.62. The average molecular weight is 164 g/mol. The van der Waals surface area contributed by atoms with Crippen molar-refractivity contribution in [1.29, 1.82) is 0 Å². The first-order valence-corrected chi connectivity index (χ1v) is 4.14. The second-order valence-electron chi connectivity index (χ2n) is 3.31. The Hall–Kier alpha value is -1.02. The monoisotopic (exact) mass is 164 g/mol. The summed E-state index contributed by atoms with van der Waals surface area (Å²) < 4.78 is 5.45. The molecule has 0 aromatic heterocycles. The van der Waals surface area contributed by atoms with Crippen molar-refractivity contribution in [2.75, 3.05) is 0 Å². The van der Waals surface area contributed by atoms with E-state index in [0.717, 1.165) is 16.9 Å². The third kappa shape index (κ3) is 0.994. The third-order valence-corrected chi connectivity index (χ3v) is 2.25. The maximum atomic E-state index is 9.62. The van der Waals surface area contributed by atoms with E-state index in [9.17, 15) is 5.11 Å². The van der Waals surface area contributed by atoms with Crippen molar-refractivity contribution in [3.63, 3.8) is 0 Å². The Morgan fingerprint density at radius 3 is 2.92 bits per heavy atom. The first-order valence-electron chi connectivity index (χ1n) is 4.14. The Kier molecular flexibility index (Phi) is 1.58. The van der Waals surface area contributed by atoms with Crippen molar-refractivity contribution in [2.24, 2.45) is 0 Å². The van der Waals surface area contributed by atoms with Gasteiger partial charge in [0.15, 0.2) is 0 Å². The summed E-state index contributed by atoms with van der Waals surface area (Å²) in [5.74, 6) is 0.829. The quantitative estimate of drug-likeness (QED) is 0.633. The van der Waals surface area contributed by atoms with Crippen molar-refractivity contribution < 1.29 is 9.84 Å². The maximum Gasteiger partial charge on any atom is 0.126 e. The molecule has 0 saturated carbocycles. The molecule has 0 fully saturated rings. The van der Waals surface area contributed by atoms with Gasteiger partial charge >= 0.3 is 0 Å². The lowest BCUT2D eigenvalue weighted by Gasteiger charge is -2.06. The van der Waals surface area contributed by atoms with Crippen LogP contribution in [0, 0.1) is 6.92 Å². The lowest BCUT2D eigenvalue weighted by molar-refractivity contribution is 0.0796. The largest absolute Gasteiger partial charge is 0.487 e. The first kappa shape index (κ1) is 7.62. The lowest BCUT2D eigenvalue weighted by Crippen LogP contribution is -2.12. The molecule has 0 aliphatic carbocycles. The fourth-order valence-corrected chi connectivity index (χ4v) is 1.51. The highest BCUT2D eigenvalue weighted by Gasteiger charge is 2.28. The zero-order chi connectivity index (χ0) is 8.72. The molecule has 1 aliphatic rings. The van der Waals surface area contributed by atoms with Crippen LogP contribution < -0.4 is 4.74 Å². The zero-order valence-corrected chi connectivity index (χ0v) is 7.24. The highest BCUT2D eigenvalue weighted by molar-refractivity contribution is 5.42. The molecule has 1 heterocycles. The number of fused-ring (bicyclic) bond motifs is 1. The van der Waals surface area contributed by atoms with Crippen LogP contribution in [0.5, 0.6) is 5.75 Å². The van der Waals surface area contributed by atoms with Gasteiger partial charge in [-0.3, -0.25) is 0 Å². The normalized spacial score (nSPS) is 26.6. The average Bonchev–Trinajstić information content (AvgIpc) is 2.28. The van der Waals surface area contributed by atoms with E-state index in [2.05, 4.69) is 0 Å². The van der Waals surface area contributed by atoms with Gasteiger partial charge in [0, 0.05) is 5.56 Å². The molecule has 2 heteroatoms. The van der Waals surface area contributed by atoms with Crippen LogP contribution in [0.3, 0.4) is 0 Å². The van der Waals surface area contributed by atoms with E-state index < -0.39 is 6.10 Å². The van der Waals surface area contributed by atoms with Crippen LogP contribution in [-0.4, -0.2) is 11.2 Å². The predicted molar refractivity (Wildman–Crippen MR) is 46.2 cm³/mol. The Labute approximate surface area is 71.8 Å². The van der Waals surface area contributed by atoms with Crippen molar-refractivity contribution in [2.45, 2.75) is 26.1 Å². The summed E-state index contributed by atoms with van der Waals surface area (Å²) in [6.07, 6.45) is -0.567. The molecule has 0 amide bonds. The summed E-state index contributed by atoms with van der Waals surface area (Å²) in [4.78, 5) is 0. The Morgan fingerprint density at radius 2 is 2.17 bits per heavy atom. The summed E-state index contributed by atoms with van der Waals surface area (Å²) in [7, 11) is 0. The fourth-order valence-electron chi connectivity index (χ4n) is 1.51. The minimum atomic E-state index is -0.458. The van der Waals surface area contributed by atoms with E-state index in [0.29, 0.717) is 0 Å². The number of hydrogen-bond donors (Lipinski definition) is 1. The van der Waals surface area contributed by atoms with E-state index in [1.807, 2.05) is 32.0 Å². The molecular weight excluding hydrogens is 152 g/mol. The highest BCUT2D eigenvalue weighted by Crippen LogP contribution is 2.36. The number of aliphatic hydroxyl groups is 1. The number of benzene rings is 1. The van der Waals surface area contributed by atoms with Crippen molar-refractivity contribution in [3.05, 3.63) is 29.3 Å². The van der Waals surface area contributed by atoms with Crippen molar-refractivity contribution in [3.8, 4) is 5.75 Å². The minimum absolute atomic E-state index is 0.109. The zero-order valence-electron chi connectivity index (χ0n) is 7.24. The number of hydrogen-bond acceptors (Lipinski definition) is 2. The van der Waals surface area contributed by atoms with Gasteiger partial charge < -0.3 is 9.84 Å². The van der Waals surface area contributed by atoms with Crippen LogP contribution in [0.25, 0.3) is 0 Å². The molecule has 1 aromatic rings. The van der Waals surface area contributed by atoms with Crippen molar-refractivity contribution >= 4 is 0 Å². The lowest BCUT2D eigenvalue weighted by atomic mass is 10.1. The third-order valence-electron chi connectivity index (χ3n) is 2.25. The van der Waals surface area contributed by atoms with Crippen LogP contribution in [0.4, 0.5) is 0 Å². The van der Waals surface area contributed by atoms with Gasteiger partial charge in [-0.05, 0) is 25.5 Å². The van der Waals surface area contributed by atoms with Crippen molar-refractivity contribution in [1.82, 2.24) is 0 Å². The topological polar surface area (TPSA) is 29.5 Å². The van der Waals surface area contributed by atoms with Gasteiger partial charge in [-0.25, -0.2) is 0 Å². The van der Waals surface area contributed by atoms with E-state index >= 15 is 0 Å². The van der Waals surface area contributed by atoms with Crippen LogP contribution >= 0.6 is 0 Å². The van der Waals surface area contributed by atoms with Gasteiger partial charge in [0.05, 0.1) is 0 Å². The van der Waals surface area contributed by atoms with Crippen LogP contribution in [0.15, 0.2) is 18.2 Å². The molecule has 1 aromatic carbocycles. The predicted octanol–water partition coefficient (Wildman–Crippen LogP) is 1.81. The molecule has 0 radical (unpaired) electrons. The SMILES string of the molecule is Cc1ccc2c(c1)OC(C)C2O. The highest BCUT2D eigenvalue weighted by atomic mass is 16.5. The molecule has 2 atom stereocenters. The molecular formula is C10H12O2. The Balaban J connectivity index is 2.47. The molecule has 1 aliphatic heterocycles. The second kappa shape index (κ2) is 2.49. The fraction of sp³-hybridized carbons (Fsp3) is 0.400. The molecule has 1 N–H and O–H groups in total. The molecule has 0 bridgehead atoms. The second-order valence-corrected chi connectivity index (χ2v) is 3.31. The molecule has 2 rings (SSSR count). The van der Waals surface area contributed by atoms with Crippen LogP contribution in [0.1, 0.15) is 24.2 Å². The first-order chi connectivity index (χ1) is 5.68. The molecule has 2 unspecified atom stereocenters. The molecule has 2 nitrogen and oxygen atoms in total. The standard InChI is InChI=1S/C10H12O2/c1-6-3-4-8-9(5-6)12-7(2)10(8)11/h3-5,7,10-11H,1-2H3. The summed E-state index contributed by atoms with van der Waals surface area (Å²) in [5.41, 5.74) is 2.07. The van der Waals surface area contributed by atoms with Gasteiger partial charge in [0.1, 0.15) is 18.0 Å². The van der Waals surface area contributed by atoms with Crippen LogP contribution in [-0.2, 0) is 0 Å². The van der Waals surface area contributed by atoms with Gasteiger partial charge in [-0.15, -0.1) is 0 Å². The molecule has 12 heavy (non-hydrogen) atoms. The summed E-state index contributed by atoms with van der Waals surface area (Å²) in [6, 6.07) is 5.88. The van der Waals surface area contributed by atoms with Gasteiger partial charge in [0.25, 0.3) is 0 Å². The van der Waals surface area contributed by atoms with E-state index in [1.54, 1.807) is 0 Å².